The lowest BCUT2D eigenvalue weighted by atomic mass is 10.1. The molecular weight excluding hydrogens is 382 g/mol. The standard InChI is InChI=1S/C22H25N5O3/c1-17-6-2-3-7-19(17)15-25-10-5-11-26(13-12-25)16-21-23-22(24-30-21)18-8-4-9-20(14-18)27(28)29/h2-4,6-9,14H,5,10-13,15-16H2,1H3. The van der Waals surface area contributed by atoms with Gasteiger partial charge in [-0.25, -0.2) is 0 Å². The number of hydrogen-bond donors (Lipinski definition) is 0. The Labute approximate surface area is 175 Å². The van der Waals surface area contributed by atoms with E-state index >= 15 is 0 Å². The molecule has 0 atom stereocenters. The van der Waals surface area contributed by atoms with E-state index in [9.17, 15) is 10.1 Å². The van der Waals surface area contributed by atoms with Crippen molar-refractivity contribution in [3.05, 3.63) is 75.7 Å². The molecule has 1 aromatic heterocycles. The second-order valence-corrected chi connectivity index (χ2v) is 7.65. The van der Waals surface area contributed by atoms with E-state index in [2.05, 4.69) is 51.1 Å². The predicted octanol–water partition coefficient (Wildman–Crippen LogP) is 3.66. The molecule has 0 amide bonds. The van der Waals surface area contributed by atoms with Crippen LogP contribution in [0.3, 0.4) is 0 Å². The summed E-state index contributed by atoms with van der Waals surface area (Å²) in [7, 11) is 0. The Kier molecular flexibility index (Phi) is 6.15. The van der Waals surface area contributed by atoms with Crippen molar-refractivity contribution in [3.63, 3.8) is 0 Å². The van der Waals surface area contributed by atoms with Gasteiger partial charge in [-0.2, -0.15) is 4.98 Å². The lowest BCUT2D eigenvalue weighted by Gasteiger charge is -2.21. The van der Waals surface area contributed by atoms with Gasteiger partial charge >= 0.3 is 0 Å². The summed E-state index contributed by atoms with van der Waals surface area (Å²) >= 11 is 0. The maximum absolute atomic E-state index is 11.0. The van der Waals surface area contributed by atoms with Gasteiger partial charge in [0.25, 0.3) is 5.69 Å². The van der Waals surface area contributed by atoms with Gasteiger partial charge in [-0.3, -0.25) is 19.9 Å². The van der Waals surface area contributed by atoms with E-state index in [0.717, 1.165) is 39.1 Å². The van der Waals surface area contributed by atoms with Crippen molar-refractivity contribution < 1.29 is 9.45 Å². The molecule has 1 aliphatic rings. The summed E-state index contributed by atoms with van der Waals surface area (Å²) in [6, 6.07) is 14.8. The third-order valence-corrected chi connectivity index (χ3v) is 5.48. The van der Waals surface area contributed by atoms with Crippen molar-refractivity contribution >= 4 is 5.69 Å². The molecule has 0 N–H and O–H groups in total. The lowest BCUT2D eigenvalue weighted by molar-refractivity contribution is -0.384. The van der Waals surface area contributed by atoms with Crippen LogP contribution in [0.25, 0.3) is 11.4 Å². The molecule has 0 unspecified atom stereocenters. The first-order valence-electron chi connectivity index (χ1n) is 10.1. The molecule has 0 aliphatic carbocycles. The molecule has 0 bridgehead atoms. The number of benzene rings is 2. The number of hydrogen-bond acceptors (Lipinski definition) is 7. The van der Waals surface area contributed by atoms with Gasteiger partial charge in [0.2, 0.25) is 11.7 Å². The molecule has 0 spiro atoms. The maximum Gasteiger partial charge on any atom is 0.270 e. The number of nitrogens with zero attached hydrogens (tertiary/aromatic N) is 5. The second-order valence-electron chi connectivity index (χ2n) is 7.65. The Bertz CT molecular complexity index is 1020. The minimum Gasteiger partial charge on any atom is -0.338 e. The molecule has 1 aliphatic heterocycles. The summed E-state index contributed by atoms with van der Waals surface area (Å²) in [5.74, 6) is 0.911. The van der Waals surface area contributed by atoms with Crippen molar-refractivity contribution in [1.82, 2.24) is 19.9 Å². The lowest BCUT2D eigenvalue weighted by Crippen LogP contribution is -2.30. The van der Waals surface area contributed by atoms with Crippen LogP contribution in [-0.4, -0.2) is 51.0 Å². The van der Waals surface area contributed by atoms with Crippen LogP contribution < -0.4 is 0 Å². The van der Waals surface area contributed by atoms with Crippen LogP contribution in [0, 0.1) is 17.0 Å². The zero-order chi connectivity index (χ0) is 20.9. The molecule has 8 heteroatoms. The van der Waals surface area contributed by atoms with Crippen LogP contribution in [0.4, 0.5) is 5.69 Å². The largest absolute Gasteiger partial charge is 0.338 e. The van der Waals surface area contributed by atoms with Crippen molar-refractivity contribution in [2.24, 2.45) is 0 Å². The van der Waals surface area contributed by atoms with Gasteiger partial charge in [0.15, 0.2) is 0 Å². The van der Waals surface area contributed by atoms with Crippen LogP contribution in [-0.2, 0) is 13.1 Å². The van der Waals surface area contributed by atoms with Crippen molar-refractivity contribution in [2.45, 2.75) is 26.4 Å². The van der Waals surface area contributed by atoms with E-state index in [1.54, 1.807) is 12.1 Å². The Morgan fingerprint density at radius 3 is 2.57 bits per heavy atom. The molecular formula is C22H25N5O3. The van der Waals surface area contributed by atoms with Crippen LogP contribution in [0.5, 0.6) is 0 Å². The minimum absolute atomic E-state index is 0.0140. The second kappa shape index (κ2) is 9.15. The summed E-state index contributed by atoms with van der Waals surface area (Å²) < 4.78 is 5.41. The third kappa shape index (κ3) is 4.90. The molecule has 2 aromatic carbocycles. The third-order valence-electron chi connectivity index (χ3n) is 5.48. The quantitative estimate of drug-likeness (QED) is 0.455. The molecule has 2 heterocycles. The van der Waals surface area contributed by atoms with E-state index in [-0.39, 0.29) is 5.69 Å². The van der Waals surface area contributed by atoms with E-state index in [0.29, 0.717) is 23.8 Å². The molecule has 1 saturated heterocycles. The number of nitro groups is 1. The molecule has 0 saturated carbocycles. The predicted molar refractivity (Wildman–Crippen MR) is 113 cm³/mol. The number of aromatic nitrogens is 2. The number of nitro benzene ring substituents is 1. The fourth-order valence-electron chi connectivity index (χ4n) is 3.76. The van der Waals surface area contributed by atoms with E-state index in [1.165, 1.54) is 23.3 Å². The summed E-state index contributed by atoms with van der Waals surface area (Å²) in [6.45, 7) is 7.67. The SMILES string of the molecule is Cc1ccccc1CN1CCCN(Cc2nc(-c3cccc([N+](=O)[O-])c3)no2)CC1. The van der Waals surface area contributed by atoms with Crippen LogP contribution in [0.2, 0.25) is 0 Å². The normalized spacial score (nSPS) is 15.8. The van der Waals surface area contributed by atoms with E-state index in [4.69, 9.17) is 4.52 Å². The highest BCUT2D eigenvalue weighted by molar-refractivity contribution is 5.58. The van der Waals surface area contributed by atoms with Gasteiger partial charge in [-0.1, -0.05) is 41.6 Å². The van der Waals surface area contributed by atoms with Gasteiger partial charge in [0, 0.05) is 37.3 Å². The van der Waals surface area contributed by atoms with Crippen molar-refractivity contribution in [1.29, 1.82) is 0 Å². The molecule has 30 heavy (non-hydrogen) atoms. The fourth-order valence-corrected chi connectivity index (χ4v) is 3.76. The molecule has 4 rings (SSSR count). The summed E-state index contributed by atoms with van der Waals surface area (Å²) in [6.07, 6.45) is 1.08. The van der Waals surface area contributed by atoms with Crippen LogP contribution in [0.15, 0.2) is 53.1 Å². The highest BCUT2D eigenvalue weighted by Gasteiger charge is 2.19. The molecule has 156 valence electrons. The Balaban J connectivity index is 1.36. The maximum atomic E-state index is 11.0. The molecule has 8 nitrogen and oxygen atoms in total. The van der Waals surface area contributed by atoms with E-state index in [1.807, 2.05) is 0 Å². The molecule has 0 radical (unpaired) electrons. The monoisotopic (exact) mass is 407 g/mol. The van der Waals surface area contributed by atoms with E-state index < -0.39 is 4.92 Å². The van der Waals surface area contributed by atoms with Gasteiger partial charge in [0.05, 0.1) is 11.5 Å². The number of rotatable bonds is 6. The number of aryl methyl sites for hydroxylation is 1. The summed E-state index contributed by atoms with van der Waals surface area (Å²) in [5, 5.41) is 15.0. The topological polar surface area (TPSA) is 88.5 Å². The van der Waals surface area contributed by atoms with Crippen LogP contribution in [0.1, 0.15) is 23.4 Å². The average Bonchev–Trinajstić information content (AvgIpc) is 3.10. The first kappa shape index (κ1) is 20.2. The first-order valence-corrected chi connectivity index (χ1v) is 10.1. The summed E-state index contributed by atoms with van der Waals surface area (Å²) in [4.78, 5) is 19.8. The van der Waals surface area contributed by atoms with Crippen molar-refractivity contribution in [2.75, 3.05) is 26.2 Å². The highest BCUT2D eigenvalue weighted by Crippen LogP contribution is 2.22. The van der Waals surface area contributed by atoms with Gasteiger partial charge in [0.1, 0.15) is 0 Å². The zero-order valence-electron chi connectivity index (χ0n) is 17.0. The molecule has 1 fully saturated rings. The van der Waals surface area contributed by atoms with Gasteiger partial charge in [-0.15, -0.1) is 0 Å². The zero-order valence-corrected chi connectivity index (χ0v) is 17.0. The smallest absolute Gasteiger partial charge is 0.270 e. The van der Waals surface area contributed by atoms with Gasteiger partial charge < -0.3 is 4.52 Å². The fraction of sp³-hybridized carbons (Fsp3) is 0.364. The Morgan fingerprint density at radius 2 is 1.80 bits per heavy atom. The Hall–Kier alpha value is -3.10. The van der Waals surface area contributed by atoms with Gasteiger partial charge in [-0.05, 0) is 37.6 Å². The molecule has 3 aromatic rings. The average molecular weight is 407 g/mol. The van der Waals surface area contributed by atoms with Crippen molar-refractivity contribution in [3.8, 4) is 11.4 Å². The highest BCUT2D eigenvalue weighted by atomic mass is 16.6. The number of non-ortho nitro benzene ring substituents is 1. The summed E-state index contributed by atoms with van der Waals surface area (Å²) in [5.41, 5.74) is 3.31. The Morgan fingerprint density at radius 1 is 1.03 bits per heavy atom. The van der Waals surface area contributed by atoms with Crippen LogP contribution >= 0.6 is 0 Å². The minimum atomic E-state index is -0.426. The first-order chi connectivity index (χ1) is 14.6.